The van der Waals surface area contributed by atoms with Crippen LogP contribution in [0, 0.1) is 12.7 Å². The number of alkyl halides is 3. The lowest BCUT2D eigenvalue weighted by molar-refractivity contribution is -0.142. The van der Waals surface area contributed by atoms with Crippen LogP contribution in [0.1, 0.15) is 5.69 Å². The lowest BCUT2D eigenvalue weighted by atomic mass is 10.0. The maximum Gasteiger partial charge on any atom is 0.408 e. The molecular formula is C23H26F4N6OSi. The molecule has 0 radical (unpaired) electrons. The van der Waals surface area contributed by atoms with E-state index in [9.17, 15) is 17.6 Å². The number of hydrogen-bond donors (Lipinski definition) is 0. The normalized spacial score (nSPS) is 12.6. The van der Waals surface area contributed by atoms with E-state index in [-0.39, 0.29) is 18.1 Å². The first-order valence-electron chi connectivity index (χ1n) is 11.1. The van der Waals surface area contributed by atoms with Gasteiger partial charge in [-0.2, -0.15) is 23.4 Å². The SMILES string of the molecule is Cc1cc(-c2cn(CC(F)(F)F)nc2-c2ccc(F)cn2)c2cnn(COCC[Si](C)(C)C)c2n1. The summed E-state index contributed by atoms with van der Waals surface area (Å²) in [5.74, 6) is -0.553. The van der Waals surface area contributed by atoms with Gasteiger partial charge in [0.2, 0.25) is 0 Å². The third kappa shape index (κ3) is 6.12. The van der Waals surface area contributed by atoms with Crippen molar-refractivity contribution >= 4 is 19.1 Å². The molecule has 0 aliphatic rings. The number of nitrogens with zero attached hydrogens (tertiary/aromatic N) is 6. The van der Waals surface area contributed by atoms with Crippen molar-refractivity contribution in [1.29, 1.82) is 0 Å². The summed E-state index contributed by atoms with van der Waals surface area (Å²) >= 11 is 0. The molecule has 0 aliphatic carbocycles. The molecule has 0 spiro atoms. The molecule has 0 bridgehead atoms. The summed E-state index contributed by atoms with van der Waals surface area (Å²) in [6.45, 7) is 8.15. The van der Waals surface area contributed by atoms with E-state index in [0.717, 1.165) is 16.9 Å². The van der Waals surface area contributed by atoms with Crippen molar-refractivity contribution in [2.24, 2.45) is 0 Å². The molecule has 0 atom stereocenters. The quantitative estimate of drug-likeness (QED) is 0.175. The first kappa shape index (κ1) is 25.0. The molecule has 0 amide bonds. The first-order valence-corrected chi connectivity index (χ1v) is 14.8. The van der Waals surface area contributed by atoms with Gasteiger partial charge in [0.15, 0.2) is 5.65 Å². The minimum atomic E-state index is -4.46. The Bertz CT molecular complexity index is 1330. The van der Waals surface area contributed by atoms with Crippen LogP contribution in [0.25, 0.3) is 33.5 Å². The number of aromatic nitrogens is 6. The predicted molar refractivity (Wildman–Crippen MR) is 127 cm³/mol. The van der Waals surface area contributed by atoms with Crippen molar-refractivity contribution in [1.82, 2.24) is 29.5 Å². The van der Waals surface area contributed by atoms with E-state index in [1.54, 1.807) is 23.9 Å². The molecule has 7 nitrogen and oxygen atoms in total. The Labute approximate surface area is 200 Å². The number of halogens is 4. The van der Waals surface area contributed by atoms with E-state index >= 15 is 0 Å². The molecule has 0 aromatic carbocycles. The van der Waals surface area contributed by atoms with Crippen molar-refractivity contribution in [2.75, 3.05) is 6.61 Å². The Morgan fingerprint density at radius 1 is 1.09 bits per heavy atom. The van der Waals surface area contributed by atoms with E-state index in [1.807, 2.05) is 0 Å². The molecule has 0 aliphatic heterocycles. The number of rotatable bonds is 8. The fraction of sp³-hybridized carbons (Fsp3) is 0.391. The van der Waals surface area contributed by atoms with Crippen LogP contribution in [0.3, 0.4) is 0 Å². The Hall–Kier alpha value is -3.12. The number of ether oxygens (including phenoxy) is 1. The highest BCUT2D eigenvalue weighted by Crippen LogP contribution is 2.35. The number of aryl methyl sites for hydroxylation is 1. The van der Waals surface area contributed by atoms with Crippen LogP contribution in [-0.4, -0.2) is 50.4 Å². The lowest BCUT2D eigenvalue weighted by Gasteiger charge is -2.15. The van der Waals surface area contributed by atoms with Crippen molar-refractivity contribution in [3.63, 3.8) is 0 Å². The summed E-state index contributed by atoms with van der Waals surface area (Å²) in [5.41, 5.74) is 2.69. The smallest absolute Gasteiger partial charge is 0.359 e. The summed E-state index contributed by atoms with van der Waals surface area (Å²) in [6.07, 6.45) is -0.519. The van der Waals surface area contributed by atoms with Crippen molar-refractivity contribution in [3.8, 4) is 22.5 Å². The van der Waals surface area contributed by atoms with Crippen LogP contribution in [0.5, 0.6) is 0 Å². The molecule has 4 aromatic heterocycles. The predicted octanol–water partition coefficient (Wildman–Crippen LogP) is 5.68. The second-order valence-corrected chi connectivity index (χ2v) is 15.2. The van der Waals surface area contributed by atoms with Gasteiger partial charge in [-0.1, -0.05) is 19.6 Å². The zero-order valence-electron chi connectivity index (χ0n) is 19.9. The van der Waals surface area contributed by atoms with Gasteiger partial charge >= 0.3 is 6.18 Å². The summed E-state index contributed by atoms with van der Waals surface area (Å²) in [4.78, 5) is 8.62. The second-order valence-electron chi connectivity index (χ2n) is 9.61. The molecule has 4 rings (SSSR count). The van der Waals surface area contributed by atoms with Crippen molar-refractivity contribution < 1.29 is 22.3 Å². The van der Waals surface area contributed by atoms with E-state index in [1.165, 1.54) is 18.3 Å². The maximum atomic E-state index is 13.4. The zero-order chi connectivity index (χ0) is 25.4. The number of hydrogen-bond acceptors (Lipinski definition) is 5. The third-order valence-electron chi connectivity index (χ3n) is 5.31. The van der Waals surface area contributed by atoms with Gasteiger partial charge in [-0.05, 0) is 36.7 Å². The van der Waals surface area contributed by atoms with Crippen LogP contribution in [-0.2, 0) is 18.0 Å². The minimum Gasteiger partial charge on any atom is -0.359 e. The third-order valence-corrected chi connectivity index (χ3v) is 7.01. The highest BCUT2D eigenvalue weighted by Gasteiger charge is 2.30. The fourth-order valence-corrected chi connectivity index (χ4v) is 4.36. The van der Waals surface area contributed by atoms with Gasteiger partial charge < -0.3 is 4.74 Å². The van der Waals surface area contributed by atoms with E-state index in [4.69, 9.17) is 4.74 Å². The van der Waals surface area contributed by atoms with Gasteiger partial charge in [0.1, 0.15) is 24.8 Å². The van der Waals surface area contributed by atoms with Gasteiger partial charge in [0.25, 0.3) is 0 Å². The molecule has 4 aromatic rings. The second kappa shape index (κ2) is 9.50. The van der Waals surface area contributed by atoms with Crippen LogP contribution in [0.4, 0.5) is 17.6 Å². The molecule has 0 unspecified atom stereocenters. The Balaban J connectivity index is 1.76. The van der Waals surface area contributed by atoms with Gasteiger partial charge in [-0.15, -0.1) is 0 Å². The zero-order valence-corrected chi connectivity index (χ0v) is 20.9. The monoisotopic (exact) mass is 506 g/mol. The standard InChI is InChI=1S/C23H26F4N6OSi/c1-15-9-17(18-11-29-33(22(18)30-15)14-34-7-8-35(2,3)4)19-12-32(13-23(25,26)27)31-21(19)20-6-5-16(24)10-28-20/h5-6,9-12H,7-8,13-14H2,1-4H3. The molecule has 0 saturated carbocycles. The highest BCUT2D eigenvalue weighted by atomic mass is 28.3. The summed E-state index contributed by atoms with van der Waals surface area (Å²) < 4.78 is 61.1. The van der Waals surface area contributed by atoms with Gasteiger partial charge in [-0.3, -0.25) is 9.67 Å². The minimum absolute atomic E-state index is 0.209. The summed E-state index contributed by atoms with van der Waals surface area (Å²) in [7, 11) is -1.24. The van der Waals surface area contributed by atoms with Crippen LogP contribution < -0.4 is 0 Å². The Kier molecular flexibility index (Phi) is 6.78. The summed E-state index contributed by atoms with van der Waals surface area (Å²) in [5, 5.41) is 9.19. The first-order chi connectivity index (χ1) is 16.4. The maximum absolute atomic E-state index is 13.4. The molecule has 4 heterocycles. The van der Waals surface area contributed by atoms with E-state index < -0.39 is 26.6 Å². The molecule has 186 valence electrons. The van der Waals surface area contributed by atoms with Gasteiger partial charge in [-0.25, -0.2) is 14.1 Å². The lowest BCUT2D eigenvalue weighted by Crippen LogP contribution is -2.22. The highest BCUT2D eigenvalue weighted by molar-refractivity contribution is 6.76. The van der Waals surface area contributed by atoms with Crippen LogP contribution >= 0.6 is 0 Å². The van der Waals surface area contributed by atoms with Gasteiger partial charge in [0, 0.05) is 37.5 Å². The van der Waals surface area contributed by atoms with Crippen LogP contribution in [0.2, 0.25) is 25.7 Å². The fourth-order valence-electron chi connectivity index (χ4n) is 3.61. The summed E-state index contributed by atoms with van der Waals surface area (Å²) in [6, 6.07) is 5.36. The van der Waals surface area contributed by atoms with E-state index in [2.05, 4.69) is 39.8 Å². The Morgan fingerprint density at radius 2 is 1.86 bits per heavy atom. The average molecular weight is 507 g/mol. The largest absolute Gasteiger partial charge is 0.408 e. The van der Waals surface area contributed by atoms with Crippen molar-refractivity contribution in [2.45, 2.75) is 52.1 Å². The van der Waals surface area contributed by atoms with Gasteiger partial charge in [0.05, 0.1) is 18.1 Å². The number of fused-ring (bicyclic) bond motifs is 1. The molecule has 35 heavy (non-hydrogen) atoms. The molecule has 0 saturated heterocycles. The molecule has 0 N–H and O–H groups in total. The Morgan fingerprint density at radius 3 is 2.51 bits per heavy atom. The number of pyridine rings is 2. The molecule has 12 heteroatoms. The van der Waals surface area contributed by atoms with Crippen molar-refractivity contribution in [3.05, 3.63) is 48.3 Å². The van der Waals surface area contributed by atoms with E-state index in [0.29, 0.717) is 34.5 Å². The molecular weight excluding hydrogens is 480 g/mol. The van der Waals surface area contributed by atoms with Crippen LogP contribution in [0.15, 0.2) is 36.8 Å². The topological polar surface area (TPSA) is 70.7 Å². The average Bonchev–Trinajstić information content (AvgIpc) is 3.33. The molecule has 0 fully saturated rings.